The summed E-state index contributed by atoms with van der Waals surface area (Å²) in [5.74, 6) is 0. The summed E-state index contributed by atoms with van der Waals surface area (Å²) in [4.78, 5) is 2.40. The fourth-order valence-electron chi connectivity index (χ4n) is 2.39. The summed E-state index contributed by atoms with van der Waals surface area (Å²) >= 11 is 3.54. The number of aliphatic hydroxyl groups excluding tert-OH is 1. The molecule has 2 N–H and O–H groups in total. The molecule has 0 saturated carbocycles. The van der Waals surface area contributed by atoms with Crippen LogP contribution in [0.25, 0.3) is 0 Å². The quantitative estimate of drug-likeness (QED) is 0.685. The highest BCUT2D eigenvalue weighted by Crippen LogP contribution is 2.21. The molecule has 20 heavy (non-hydrogen) atoms. The smallest absolute Gasteiger partial charge is 0.0443 e. The Balaban J connectivity index is 2.58. The van der Waals surface area contributed by atoms with E-state index in [1.54, 1.807) is 0 Å². The molecule has 0 bridgehead atoms. The lowest BCUT2D eigenvalue weighted by Crippen LogP contribution is -2.30. The molecule has 0 saturated heterocycles. The lowest BCUT2D eigenvalue weighted by molar-refractivity contribution is 0.223. The lowest BCUT2D eigenvalue weighted by Gasteiger charge is -2.24. The van der Waals surface area contributed by atoms with Gasteiger partial charge in [0.2, 0.25) is 0 Å². The molecule has 0 aliphatic carbocycles. The Hall–Kier alpha value is -0.420. The van der Waals surface area contributed by atoms with E-state index in [-0.39, 0.29) is 6.61 Å². The van der Waals surface area contributed by atoms with Gasteiger partial charge in [-0.1, -0.05) is 41.9 Å². The second-order valence-electron chi connectivity index (χ2n) is 4.97. The molecule has 0 spiro atoms. The summed E-state index contributed by atoms with van der Waals surface area (Å²) < 4.78 is 1.13. The molecule has 1 rings (SSSR count). The van der Waals surface area contributed by atoms with Crippen molar-refractivity contribution >= 4 is 15.9 Å². The number of hydrogen-bond acceptors (Lipinski definition) is 3. The maximum atomic E-state index is 8.94. The number of hydrogen-bond donors (Lipinski definition) is 2. The van der Waals surface area contributed by atoms with Crippen LogP contribution in [0.1, 0.15) is 38.3 Å². The molecule has 1 aromatic rings. The van der Waals surface area contributed by atoms with Crippen molar-refractivity contribution in [3.05, 3.63) is 34.3 Å². The monoisotopic (exact) mass is 342 g/mol. The highest BCUT2D eigenvalue weighted by Gasteiger charge is 2.12. The maximum absolute atomic E-state index is 8.94. The van der Waals surface area contributed by atoms with Crippen LogP contribution < -0.4 is 5.32 Å². The molecule has 1 aromatic carbocycles. The van der Waals surface area contributed by atoms with Crippen molar-refractivity contribution in [3.8, 4) is 0 Å². The summed E-state index contributed by atoms with van der Waals surface area (Å²) in [7, 11) is 0. The third-order valence-electron chi connectivity index (χ3n) is 3.52. The Labute approximate surface area is 131 Å². The first-order chi connectivity index (χ1) is 9.71. The average Bonchev–Trinajstić information content (AvgIpc) is 2.46. The van der Waals surface area contributed by atoms with E-state index in [1.807, 2.05) is 0 Å². The summed E-state index contributed by atoms with van der Waals surface area (Å²) in [5, 5.41) is 12.5. The van der Waals surface area contributed by atoms with Crippen LogP contribution in [0.15, 0.2) is 28.7 Å². The Bertz CT molecular complexity index is 373. The van der Waals surface area contributed by atoms with Crippen LogP contribution in [0, 0.1) is 0 Å². The van der Waals surface area contributed by atoms with Crippen LogP contribution in [-0.4, -0.2) is 42.8 Å². The summed E-state index contributed by atoms with van der Waals surface area (Å²) in [5.41, 5.74) is 1.33. The van der Waals surface area contributed by atoms with Crippen molar-refractivity contribution in [1.29, 1.82) is 0 Å². The van der Waals surface area contributed by atoms with Gasteiger partial charge in [-0.15, -0.1) is 0 Å². The number of aliphatic hydroxyl groups is 1. The lowest BCUT2D eigenvalue weighted by atomic mass is 10.0. The third kappa shape index (κ3) is 6.35. The van der Waals surface area contributed by atoms with Gasteiger partial charge in [-0.05, 0) is 50.2 Å². The molecule has 3 nitrogen and oxygen atoms in total. The van der Waals surface area contributed by atoms with Gasteiger partial charge >= 0.3 is 0 Å². The molecule has 0 amide bonds. The molecular formula is C16H27BrN2O. The normalized spacial score (nSPS) is 12.8. The Kier molecular flexibility index (Phi) is 9.10. The standard InChI is InChI=1S/C16H27BrN2O/c1-3-18-16(14-7-5-8-15(17)13-14)9-11-19(4-2)10-6-12-20/h5,7-8,13,16,18,20H,3-4,6,9-12H2,1-2H3. The zero-order chi connectivity index (χ0) is 14.8. The van der Waals surface area contributed by atoms with Gasteiger partial charge in [-0.2, -0.15) is 0 Å². The van der Waals surface area contributed by atoms with E-state index >= 15 is 0 Å². The molecule has 0 aromatic heterocycles. The van der Waals surface area contributed by atoms with Crippen LogP contribution in [0.3, 0.4) is 0 Å². The van der Waals surface area contributed by atoms with Crippen molar-refractivity contribution in [2.24, 2.45) is 0 Å². The summed E-state index contributed by atoms with van der Waals surface area (Å²) in [6.07, 6.45) is 1.94. The SMILES string of the molecule is CCNC(CCN(CC)CCCO)c1cccc(Br)c1. The highest BCUT2D eigenvalue weighted by atomic mass is 79.9. The van der Waals surface area contributed by atoms with E-state index < -0.39 is 0 Å². The molecule has 1 unspecified atom stereocenters. The van der Waals surface area contributed by atoms with Crippen molar-refractivity contribution in [2.45, 2.75) is 32.7 Å². The maximum Gasteiger partial charge on any atom is 0.0443 e. The van der Waals surface area contributed by atoms with E-state index in [1.165, 1.54) is 5.56 Å². The molecule has 0 aliphatic heterocycles. The Morgan fingerprint density at radius 2 is 2.10 bits per heavy atom. The molecule has 1 atom stereocenters. The Morgan fingerprint density at radius 1 is 1.30 bits per heavy atom. The number of rotatable bonds is 10. The molecule has 0 fully saturated rings. The summed E-state index contributed by atoms with van der Waals surface area (Å²) in [6.45, 7) is 8.65. The predicted octanol–water partition coefficient (Wildman–Crippen LogP) is 3.19. The first kappa shape index (κ1) is 17.6. The number of nitrogens with one attached hydrogen (secondary N) is 1. The van der Waals surface area contributed by atoms with Gasteiger partial charge < -0.3 is 15.3 Å². The van der Waals surface area contributed by atoms with Crippen molar-refractivity contribution in [2.75, 3.05) is 32.8 Å². The topological polar surface area (TPSA) is 35.5 Å². The van der Waals surface area contributed by atoms with Gasteiger partial charge in [0.05, 0.1) is 0 Å². The van der Waals surface area contributed by atoms with Crippen molar-refractivity contribution in [3.63, 3.8) is 0 Å². The third-order valence-corrected chi connectivity index (χ3v) is 4.01. The minimum absolute atomic E-state index is 0.277. The van der Waals surface area contributed by atoms with Crippen molar-refractivity contribution < 1.29 is 5.11 Å². The fourth-order valence-corrected chi connectivity index (χ4v) is 2.81. The van der Waals surface area contributed by atoms with Crippen molar-refractivity contribution in [1.82, 2.24) is 10.2 Å². The van der Waals surface area contributed by atoms with Gasteiger partial charge in [0.1, 0.15) is 0 Å². The zero-order valence-corrected chi connectivity index (χ0v) is 14.2. The first-order valence-corrected chi connectivity index (χ1v) is 8.32. The fraction of sp³-hybridized carbons (Fsp3) is 0.625. The van der Waals surface area contributed by atoms with Gasteiger partial charge in [0.25, 0.3) is 0 Å². The van der Waals surface area contributed by atoms with Crippen LogP contribution in [-0.2, 0) is 0 Å². The predicted molar refractivity (Wildman–Crippen MR) is 89.0 cm³/mol. The average molecular weight is 343 g/mol. The van der Waals surface area contributed by atoms with Gasteiger partial charge in [-0.25, -0.2) is 0 Å². The highest BCUT2D eigenvalue weighted by molar-refractivity contribution is 9.10. The van der Waals surface area contributed by atoms with E-state index in [9.17, 15) is 0 Å². The van der Waals surface area contributed by atoms with E-state index in [0.717, 1.165) is 43.5 Å². The molecule has 0 radical (unpaired) electrons. The first-order valence-electron chi connectivity index (χ1n) is 7.53. The van der Waals surface area contributed by atoms with Crippen LogP contribution >= 0.6 is 15.9 Å². The van der Waals surface area contributed by atoms with Crippen LogP contribution in [0.2, 0.25) is 0 Å². The van der Waals surface area contributed by atoms with E-state index in [2.05, 4.69) is 64.3 Å². The number of nitrogens with zero attached hydrogens (tertiary/aromatic N) is 1. The minimum atomic E-state index is 0.277. The molecule has 4 heteroatoms. The second-order valence-corrected chi connectivity index (χ2v) is 5.88. The van der Waals surface area contributed by atoms with Gasteiger partial charge in [-0.3, -0.25) is 0 Å². The van der Waals surface area contributed by atoms with Crippen LogP contribution in [0.4, 0.5) is 0 Å². The van der Waals surface area contributed by atoms with E-state index in [4.69, 9.17) is 5.11 Å². The van der Waals surface area contributed by atoms with E-state index in [0.29, 0.717) is 6.04 Å². The molecule has 0 aliphatic rings. The molecule has 114 valence electrons. The summed E-state index contributed by atoms with van der Waals surface area (Å²) in [6, 6.07) is 8.92. The Morgan fingerprint density at radius 3 is 2.70 bits per heavy atom. The number of halogens is 1. The molecular weight excluding hydrogens is 316 g/mol. The van der Waals surface area contributed by atoms with Crippen LogP contribution in [0.5, 0.6) is 0 Å². The second kappa shape index (κ2) is 10.3. The van der Waals surface area contributed by atoms with Gasteiger partial charge in [0.15, 0.2) is 0 Å². The van der Waals surface area contributed by atoms with Gasteiger partial charge in [0, 0.05) is 23.7 Å². The largest absolute Gasteiger partial charge is 0.396 e. The zero-order valence-electron chi connectivity index (χ0n) is 12.6. The molecule has 0 heterocycles. The minimum Gasteiger partial charge on any atom is -0.396 e. The number of benzene rings is 1.